The van der Waals surface area contributed by atoms with Crippen molar-refractivity contribution in [2.75, 3.05) is 20.3 Å². The molecule has 2 heterocycles. The van der Waals surface area contributed by atoms with Gasteiger partial charge in [0, 0.05) is 38.0 Å². The maximum atomic E-state index is 11.4. The summed E-state index contributed by atoms with van der Waals surface area (Å²) in [6.07, 6.45) is 4.67. The minimum absolute atomic E-state index is 0.178. The summed E-state index contributed by atoms with van der Waals surface area (Å²) >= 11 is 1.57. The van der Waals surface area contributed by atoms with E-state index in [0.29, 0.717) is 19.7 Å². The first-order valence-electron chi connectivity index (χ1n) is 5.71. The Hall–Kier alpha value is -1.60. The van der Waals surface area contributed by atoms with Gasteiger partial charge in [0.15, 0.2) is 4.96 Å². The van der Waals surface area contributed by atoms with E-state index in [9.17, 15) is 4.79 Å². The largest absolute Gasteiger partial charge is 0.385 e. The number of ether oxygens (including phenoxy) is 1. The van der Waals surface area contributed by atoms with Crippen molar-refractivity contribution in [3.63, 3.8) is 0 Å². The molecule has 0 fully saturated rings. The summed E-state index contributed by atoms with van der Waals surface area (Å²) < 4.78 is 6.84. The summed E-state index contributed by atoms with van der Waals surface area (Å²) in [5.74, 6) is 0. The van der Waals surface area contributed by atoms with Crippen LogP contribution in [-0.2, 0) is 11.3 Å². The molecule has 2 amide bonds. The van der Waals surface area contributed by atoms with E-state index in [-0.39, 0.29) is 6.03 Å². The zero-order chi connectivity index (χ0) is 12.8. The molecule has 0 aliphatic heterocycles. The molecule has 7 heteroatoms. The third-order valence-corrected chi connectivity index (χ3v) is 3.15. The van der Waals surface area contributed by atoms with Crippen molar-refractivity contribution in [3.05, 3.63) is 23.5 Å². The number of fused-ring (bicyclic) bond motifs is 1. The molecule has 2 aromatic heterocycles. The first-order chi connectivity index (χ1) is 8.79. The molecule has 0 spiro atoms. The highest BCUT2D eigenvalue weighted by Crippen LogP contribution is 2.10. The fraction of sp³-hybridized carbons (Fsp3) is 0.455. The number of urea groups is 1. The molecule has 0 aromatic carbocycles. The van der Waals surface area contributed by atoms with Crippen LogP contribution in [-0.4, -0.2) is 35.7 Å². The molecule has 2 N–H and O–H groups in total. The van der Waals surface area contributed by atoms with Gasteiger partial charge >= 0.3 is 6.03 Å². The molecular formula is C11H16N4O2S. The lowest BCUT2D eigenvalue weighted by molar-refractivity contribution is 0.193. The van der Waals surface area contributed by atoms with E-state index in [1.165, 1.54) is 0 Å². The Morgan fingerprint density at radius 1 is 1.56 bits per heavy atom. The van der Waals surface area contributed by atoms with Crippen LogP contribution in [0.1, 0.15) is 12.1 Å². The molecule has 0 aliphatic carbocycles. The maximum absolute atomic E-state index is 11.4. The standard InChI is InChI=1S/C11H16N4O2S/c1-17-5-2-3-12-10(16)13-7-9-8-15-4-6-18-11(15)14-9/h4,6,8H,2-3,5,7H2,1H3,(H2,12,13,16). The van der Waals surface area contributed by atoms with Gasteiger partial charge in [-0.15, -0.1) is 11.3 Å². The third-order valence-electron chi connectivity index (χ3n) is 2.38. The summed E-state index contributed by atoms with van der Waals surface area (Å²) in [5.41, 5.74) is 0.855. The lowest BCUT2D eigenvalue weighted by Gasteiger charge is -2.05. The van der Waals surface area contributed by atoms with Crippen LogP contribution < -0.4 is 10.6 Å². The first-order valence-corrected chi connectivity index (χ1v) is 6.59. The number of aromatic nitrogens is 2. The van der Waals surface area contributed by atoms with Gasteiger partial charge in [0.1, 0.15) is 0 Å². The first kappa shape index (κ1) is 12.8. The second kappa shape index (κ2) is 6.36. The van der Waals surface area contributed by atoms with Crippen LogP contribution in [0, 0.1) is 0 Å². The summed E-state index contributed by atoms with van der Waals surface area (Å²) in [4.78, 5) is 16.7. The van der Waals surface area contributed by atoms with Crippen LogP contribution >= 0.6 is 11.3 Å². The number of rotatable bonds is 6. The predicted molar refractivity (Wildman–Crippen MR) is 69.8 cm³/mol. The molecule has 0 saturated heterocycles. The highest BCUT2D eigenvalue weighted by atomic mass is 32.1. The van der Waals surface area contributed by atoms with E-state index in [4.69, 9.17) is 4.74 Å². The summed E-state index contributed by atoms with van der Waals surface area (Å²) in [7, 11) is 1.64. The molecule has 0 saturated carbocycles. The molecule has 0 unspecified atom stereocenters. The number of methoxy groups -OCH3 is 1. The molecule has 18 heavy (non-hydrogen) atoms. The van der Waals surface area contributed by atoms with Gasteiger partial charge < -0.3 is 15.4 Å². The molecule has 0 aliphatic rings. The van der Waals surface area contributed by atoms with E-state index >= 15 is 0 Å². The third kappa shape index (κ3) is 3.44. The van der Waals surface area contributed by atoms with Gasteiger partial charge in [-0.05, 0) is 6.42 Å². The number of nitrogens with one attached hydrogen (secondary N) is 2. The average molecular weight is 268 g/mol. The molecule has 2 aromatic rings. The number of carbonyl (C=O) groups is 1. The number of nitrogens with zero attached hydrogens (tertiary/aromatic N) is 2. The Morgan fingerprint density at radius 3 is 3.22 bits per heavy atom. The summed E-state index contributed by atoms with van der Waals surface area (Å²) in [6.45, 7) is 1.69. The Bertz CT molecular complexity index is 479. The van der Waals surface area contributed by atoms with Crippen LogP contribution in [0.4, 0.5) is 4.79 Å². The number of hydrogen-bond donors (Lipinski definition) is 2. The van der Waals surface area contributed by atoms with Crippen molar-refractivity contribution in [3.8, 4) is 0 Å². The van der Waals surface area contributed by atoms with Crippen molar-refractivity contribution in [2.45, 2.75) is 13.0 Å². The number of imidazole rings is 1. The lowest BCUT2D eigenvalue weighted by atomic mass is 10.4. The van der Waals surface area contributed by atoms with E-state index in [2.05, 4.69) is 15.6 Å². The van der Waals surface area contributed by atoms with Crippen LogP contribution in [0.15, 0.2) is 17.8 Å². The molecule has 6 nitrogen and oxygen atoms in total. The Morgan fingerprint density at radius 2 is 2.44 bits per heavy atom. The summed E-state index contributed by atoms with van der Waals surface area (Å²) in [6, 6.07) is -0.178. The zero-order valence-electron chi connectivity index (χ0n) is 10.2. The number of carbonyl (C=O) groups excluding carboxylic acids is 1. The fourth-order valence-electron chi connectivity index (χ4n) is 1.51. The average Bonchev–Trinajstić information content (AvgIpc) is 2.92. The van der Waals surface area contributed by atoms with Gasteiger partial charge in [0.05, 0.1) is 12.2 Å². The Balaban J connectivity index is 1.71. The number of amides is 2. The Labute approximate surface area is 109 Å². The molecule has 98 valence electrons. The predicted octanol–water partition coefficient (Wildman–Crippen LogP) is 1.23. The fourth-order valence-corrected chi connectivity index (χ4v) is 2.23. The smallest absolute Gasteiger partial charge is 0.315 e. The minimum Gasteiger partial charge on any atom is -0.385 e. The van der Waals surface area contributed by atoms with Crippen LogP contribution in [0.25, 0.3) is 4.96 Å². The van der Waals surface area contributed by atoms with Crippen LogP contribution in [0.5, 0.6) is 0 Å². The van der Waals surface area contributed by atoms with Crippen LogP contribution in [0.2, 0.25) is 0 Å². The van der Waals surface area contributed by atoms with Gasteiger partial charge in [-0.3, -0.25) is 4.40 Å². The van der Waals surface area contributed by atoms with E-state index < -0.39 is 0 Å². The normalized spacial score (nSPS) is 10.7. The van der Waals surface area contributed by atoms with Gasteiger partial charge in [-0.2, -0.15) is 0 Å². The highest BCUT2D eigenvalue weighted by molar-refractivity contribution is 7.15. The van der Waals surface area contributed by atoms with E-state index in [1.54, 1.807) is 18.4 Å². The van der Waals surface area contributed by atoms with Crippen molar-refractivity contribution in [1.82, 2.24) is 20.0 Å². The van der Waals surface area contributed by atoms with Gasteiger partial charge in [-0.1, -0.05) is 0 Å². The van der Waals surface area contributed by atoms with Gasteiger partial charge in [-0.25, -0.2) is 9.78 Å². The zero-order valence-corrected chi connectivity index (χ0v) is 11.0. The number of hydrogen-bond acceptors (Lipinski definition) is 4. The molecular weight excluding hydrogens is 252 g/mol. The van der Waals surface area contributed by atoms with E-state index in [0.717, 1.165) is 17.1 Å². The SMILES string of the molecule is COCCCNC(=O)NCc1cn2ccsc2n1. The van der Waals surface area contributed by atoms with E-state index in [1.807, 2.05) is 22.2 Å². The van der Waals surface area contributed by atoms with Crippen molar-refractivity contribution in [1.29, 1.82) is 0 Å². The second-order valence-corrected chi connectivity index (χ2v) is 4.65. The van der Waals surface area contributed by atoms with Crippen LogP contribution in [0.3, 0.4) is 0 Å². The monoisotopic (exact) mass is 268 g/mol. The van der Waals surface area contributed by atoms with Gasteiger partial charge in [0.25, 0.3) is 0 Å². The maximum Gasteiger partial charge on any atom is 0.315 e. The molecule has 0 radical (unpaired) electrons. The Kier molecular flexibility index (Phi) is 4.54. The number of thiazole rings is 1. The van der Waals surface area contributed by atoms with Crippen molar-refractivity contribution >= 4 is 22.3 Å². The molecule has 0 atom stereocenters. The summed E-state index contributed by atoms with van der Waals surface area (Å²) in [5, 5.41) is 7.49. The van der Waals surface area contributed by atoms with Crippen molar-refractivity contribution < 1.29 is 9.53 Å². The lowest BCUT2D eigenvalue weighted by Crippen LogP contribution is -2.35. The highest BCUT2D eigenvalue weighted by Gasteiger charge is 2.04. The quantitative estimate of drug-likeness (QED) is 0.774. The topological polar surface area (TPSA) is 67.7 Å². The minimum atomic E-state index is -0.178. The second-order valence-electron chi connectivity index (χ2n) is 3.78. The molecule has 0 bridgehead atoms. The van der Waals surface area contributed by atoms with Gasteiger partial charge in [0.2, 0.25) is 0 Å². The van der Waals surface area contributed by atoms with Crippen molar-refractivity contribution in [2.24, 2.45) is 0 Å². The molecule has 2 rings (SSSR count).